The SMILES string of the molecule is CC(C)CCc1c(C(=O)O)nnn1C1CCCCC1. The van der Waals surface area contributed by atoms with Gasteiger partial charge in [-0.15, -0.1) is 5.10 Å². The number of aromatic carboxylic acids is 1. The van der Waals surface area contributed by atoms with E-state index in [-0.39, 0.29) is 5.69 Å². The Labute approximate surface area is 114 Å². The van der Waals surface area contributed by atoms with E-state index in [2.05, 4.69) is 24.2 Å². The van der Waals surface area contributed by atoms with Crippen molar-refractivity contribution in [2.75, 3.05) is 0 Å². The van der Waals surface area contributed by atoms with Crippen LogP contribution in [0.25, 0.3) is 0 Å². The van der Waals surface area contributed by atoms with E-state index >= 15 is 0 Å². The Bertz CT molecular complexity index is 434. The highest BCUT2D eigenvalue weighted by Gasteiger charge is 2.24. The first kappa shape index (κ1) is 14.0. The van der Waals surface area contributed by atoms with Crippen molar-refractivity contribution in [3.63, 3.8) is 0 Å². The number of nitrogens with zero attached hydrogens (tertiary/aromatic N) is 3. The van der Waals surface area contributed by atoms with Crippen molar-refractivity contribution in [2.24, 2.45) is 5.92 Å². The Morgan fingerprint density at radius 3 is 2.63 bits per heavy atom. The Morgan fingerprint density at radius 1 is 1.37 bits per heavy atom. The minimum Gasteiger partial charge on any atom is -0.476 e. The lowest BCUT2D eigenvalue weighted by atomic mass is 9.95. The largest absolute Gasteiger partial charge is 0.476 e. The van der Waals surface area contributed by atoms with E-state index in [9.17, 15) is 9.90 Å². The van der Waals surface area contributed by atoms with Gasteiger partial charge in [0, 0.05) is 0 Å². The molecule has 19 heavy (non-hydrogen) atoms. The predicted molar refractivity (Wildman–Crippen MR) is 72.3 cm³/mol. The summed E-state index contributed by atoms with van der Waals surface area (Å²) in [5.41, 5.74) is 0.958. The van der Waals surface area contributed by atoms with Crippen LogP contribution in [0, 0.1) is 5.92 Å². The van der Waals surface area contributed by atoms with Gasteiger partial charge >= 0.3 is 5.97 Å². The summed E-state index contributed by atoms with van der Waals surface area (Å²) in [6, 6.07) is 0.344. The Morgan fingerprint density at radius 2 is 2.05 bits per heavy atom. The van der Waals surface area contributed by atoms with Gasteiger partial charge in [-0.25, -0.2) is 9.48 Å². The van der Waals surface area contributed by atoms with Crippen LogP contribution in [0.1, 0.15) is 74.6 Å². The minimum atomic E-state index is -0.958. The van der Waals surface area contributed by atoms with Crippen LogP contribution >= 0.6 is 0 Å². The zero-order chi connectivity index (χ0) is 13.8. The second kappa shape index (κ2) is 6.17. The molecule has 5 nitrogen and oxygen atoms in total. The second-order valence-electron chi connectivity index (χ2n) is 5.86. The van der Waals surface area contributed by atoms with E-state index in [1.54, 1.807) is 0 Å². The van der Waals surface area contributed by atoms with Gasteiger partial charge in [0.2, 0.25) is 0 Å². The molecule has 1 aliphatic carbocycles. The molecule has 0 unspecified atom stereocenters. The van der Waals surface area contributed by atoms with E-state index in [1.807, 2.05) is 4.68 Å². The third-order valence-electron chi connectivity index (χ3n) is 3.87. The number of carboxylic acid groups (broad SMARTS) is 1. The average Bonchev–Trinajstić information content (AvgIpc) is 2.81. The molecule has 1 fully saturated rings. The normalized spacial score (nSPS) is 17.0. The topological polar surface area (TPSA) is 68.0 Å². The van der Waals surface area contributed by atoms with Crippen LogP contribution in [0.4, 0.5) is 0 Å². The summed E-state index contributed by atoms with van der Waals surface area (Å²) in [6.07, 6.45) is 7.60. The van der Waals surface area contributed by atoms with Gasteiger partial charge in [0.1, 0.15) is 0 Å². The van der Waals surface area contributed by atoms with Gasteiger partial charge in [-0.1, -0.05) is 38.3 Å². The molecule has 1 heterocycles. The molecule has 1 N–H and O–H groups in total. The number of carboxylic acids is 1. The van der Waals surface area contributed by atoms with Gasteiger partial charge in [0.15, 0.2) is 5.69 Å². The summed E-state index contributed by atoms with van der Waals surface area (Å²) < 4.78 is 1.89. The maximum absolute atomic E-state index is 11.2. The average molecular weight is 265 g/mol. The first-order valence-electron chi connectivity index (χ1n) is 7.27. The van der Waals surface area contributed by atoms with Crippen molar-refractivity contribution < 1.29 is 9.90 Å². The summed E-state index contributed by atoms with van der Waals surface area (Å²) in [7, 11) is 0. The summed E-state index contributed by atoms with van der Waals surface area (Å²) in [5, 5.41) is 17.2. The van der Waals surface area contributed by atoms with Gasteiger partial charge in [-0.05, 0) is 31.6 Å². The molecule has 0 bridgehead atoms. The minimum absolute atomic E-state index is 0.145. The number of hydrogen-bond acceptors (Lipinski definition) is 3. The van der Waals surface area contributed by atoms with Crippen LogP contribution in [0.2, 0.25) is 0 Å². The fraction of sp³-hybridized carbons (Fsp3) is 0.786. The molecular weight excluding hydrogens is 242 g/mol. The smallest absolute Gasteiger partial charge is 0.358 e. The lowest BCUT2D eigenvalue weighted by Gasteiger charge is -2.23. The number of rotatable bonds is 5. The fourth-order valence-electron chi connectivity index (χ4n) is 2.76. The molecule has 0 aromatic carbocycles. The van der Waals surface area contributed by atoms with Crippen molar-refractivity contribution in [3.05, 3.63) is 11.4 Å². The lowest BCUT2D eigenvalue weighted by Crippen LogP contribution is -2.18. The van der Waals surface area contributed by atoms with Crippen LogP contribution in [0.5, 0.6) is 0 Å². The summed E-state index contributed by atoms with van der Waals surface area (Å²) >= 11 is 0. The molecule has 2 rings (SSSR count). The molecular formula is C14H23N3O2. The molecule has 1 saturated carbocycles. The Kier molecular flexibility index (Phi) is 4.56. The van der Waals surface area contributed by atoms with E-state index in [1.165, 1.54) is 19.3 Å². The molecule has 0 saturated heterocycles. The zero-order valence-corrected chi connectivity index (χ0v) is 11.8. The maximum Gasteiger partial charge on any atom is 0.358 e. The van der Waals surface area contributed by atoms with Crippen molar-refractivity contribution in [2.45, 2.75) is 64.8 Å². The third kappa shape index (κ3) is 3.33. The van der Waals surface area contributed by atoms with E-state index < -0.39 is 5.97 Å². The lowest BCUT2D eigenvalue weighted by molar-refractivity contribution is 0.0689. The first-order chi connectivity index (χ1) is 9.09. The molecule has 0 radical (unpaired) electrons. The van der Waals surface area contributed by atoms with E-state index in [0.29, 0.717) is 12.0 Å². The summed E-state index contributed by atoms with van der Waals surface area (Å²) in [6.45, 7) is 4.30. The molecule has 1 aromatic rings. The molecule has 0 aliphatic heterocycles. The fourth-order valence-corrected chi connectivity index (χ4v) is 2.76. The number of aromatic nitrogens is 3. The molecule has 0 amide bonds. The highest BCUT2D eigenvalue weighted by Crippen LogP contribution is 2.29. The van der Waals surface area contributed by atoms with Crippen molar-refractivity contribution >= 4 is 5.97 Å². The van der Waals surface area contributed by atoms with Crippen LogP contribution in [0.15, 0.2) is 0 Å². The first-order valence-corrected chi connectivity index (χ1v) is 7.27. The Hall–Kier alpha value is -1.39. The molecule has 106 valence electrons. The summed E-state index contributed by atoms with van der Waals surface area (Å²) in [4.78, 5) is 11.2. The Balaban J connectivity index is 2.23. The van der Waals surface area contributed by atoms with E-state index in [0.717, 1.165) is 31.4 Å². The maximum atomic E-state index is 11.2. The third-order valence-corrected chi connectivity index (χ3v) is 3.87. The van der Waals surface area contributed by atoms with Crippen molar-refractivity contribution in [1.82, 2.24) is 15.0 Å². The van der Waals surface area contributed by atoms with Gasteiger partial charge in [0.25, 0.3) is 0 Å². The standard InChI is InChI=1S/C14H23N3O2/c1-10(2)8-9-12-13(14(18)19)15-16-17(12)11-6-4-3-5-7-11/h10-11H,3-9H2,1-2H3,(H,18,19). The van der Waals surface area contributed by atoms with Crippen LogP contribution in [-0.4, -0.2) is 26.1 Å². The number of carbonyl (C=O) groups is 1. The quantitative estimate of drug-likeness (QED) is 0.888. The van der Waals surface area contributed by atoms with Crippen LogP contribution < -0.4 is 0 Å². The van der Waals surface area contributed by atoms with Gasteiger partial charge in [-0.3, -0.25) is 0 Å². The summed E-state index contributed by atoms with van der Waals surface area (Å²) in [5.74, 6) is -0.405. The van der Waals surface area contributed by atoms with Crippen LogP contribution in [0.3, 0.4) is 0 Å². The zero-order valence-electron chi connectivity index (χ0n) is 11.8. The van der Waals surface area contributed by atoms with Crippen LogP contribution in [-0.2, 0) is 6.42 Å². The van der Waals surface area contributed by atoms with Gasteiger partial charge in [0.05, 0.1) is 11.7 Å². The van der Waals surface area contributed by atoms with Crippen molar-refractivity contribution in [1.29, 1.82) is 0 Å². The molecule has 1 aliphatic rings. The highest BCUT2D eigenvalue weighted by molar-refractivity contribution is 5.86. The van der Waals surface area contributed by atoms with Gasteiger partial charge < -0.3 is 5.11 Å². The van der Waals surface area contributed by atoms with E-state index in [4.69, 9.17) is 0 Å². The van der Waals surface area contributed by atoms with Crippen molar-refractivity contribution in [3.8, 4) is 0 Å². The second-order valence-corrected chi connectivity index (χ2v) is 5.86. The van der Waals surface area contributed by atoms with Gasteiger partial charge in [-0.2, -0.15) is 0 Å². The molecule has 5 heteroatoms. The highest BCUT2D eigenvalue weighted by atomic mass is 16.4. The molecule has 1 aromatic heterocycles. The predicted octanol–water partition coefficient (Wildman–Crippen LogP) is 3.07. The number of hydrogen-bond donors (Lipinski definition) is 1. The molecule has 0 spiro atoms. The molecule has 0 atom stereocenters. The monoisotopic (exact) mass is 265 g/mol.